The Morgan fingerprint density at radius 3 is 2.20 bits per heavy atom. The summed E-state index contributed by atoms with van der Waals surface area (Å²) in [5.74, 6) is 0. The largest absolute Gasteiger partial charge is 0.348 e. The van der Waals surface area contributed by atoms with Crippen molar-refractivity contribution in [2.45, 2.75) is 72.1 Å². The van der Waals surface area contributed by atoms with Crippen molar-refractivity contribution in [3.05, 3.63) is 30.1 Å². The predicted molar refractivity (Wildman–Crippen MR) is 112 cm³/mol. The lowest BCUT2D eigenvalue weighted by Gasteiger charge is -2.24. The van der Waals surface area contributed by atoms with Gasteiger partial charge in [-0.25, -0.2) is 0 Å². The topological polar surface area (TPSA) is 40.5 Å². The van der Waals surface area contributed by atoms with Gasteiger partial charge in [0.05, 0.1) is 11.4 Å². The van der Waals surface area contributed by atoms with Crippen LogP contribution in [0.3, 0.4) is 0 Å². The second-order valence-corrected chi connectivity index (χ2v) is 6.82. The molecule has 1 aromatic heterocycles. The molecule has 140 valence electrons. The molecule has 0 amide bonds. The molecule has 1 rings (SSSR count). The summed E-state index contributed by atoms with van der Waals surface area (Å²) in [7, 11) is 0. The van der Waals surface area contributed by atoms with Crippen LogP contribution in [0.15, 0.2) is 29.5 Å². The van der Waals surface area contributed by atoms with E-state index in [9.17, 15) is 0 Å². The molecular weight excluding hydrogens is 328 g/mol. The summed E-state index contributed by atoms with van der Waals surface area (Å²) in [6.07, 6.45) is 11.8. The molecule has 0 aliphatic heterocycles. The number of nitrogens with zero attached hydrogens (tertiary/aromatic N) is 3. The molecular formula is C20H34N4S. The summed E-state index contributed by atoms with van der Waals surface area (Å²) in [5, 5.41) is 5.15. The number of unbranched alkanes of at least 4 members (excludes halogenated alkanes) is 6. The molecule has 0 spiro atoms. The molecule has 25 heavy (non-hydrogen) atoms. The lowest BCUT2D eigenvalue weighted by Crippen LogP contribution is -2.39. The van der Waals surface area contributed by atoms with E-state index >= 15 is 0 Å². The van der Waals surface area contributed by atoms with Gasteiger partial charge in [-0.15, -0.1) is 0 Å². The van der Waals surface area contributed by atoms with Crippen LogP contribution in [-0.2, 0) is 0 Å². The van der Waals surface area contributed by atoms with Crippen molar-refractivity contribution in [3.8, 4) is 0 Å². The standard InChI is InChI=1S/C20H34N4S/c1-4-6-8-12-16-24(17-13-9-7-5-2)20(25)23-22-18(3)19-14-10-11-15-21-19/h10-11,14-15H,4-9,12-13,16-17H2,1-3H3,(H,23,25). The van der Waals surface area contributed by atoms with Crippen molar-refractivity contribution in [3.63, 3.8) is 0 Å². The number of thiocarbonyl (C=S) groups is 1. The Hall–Kier alpha value is -1.49. The Morgan fingerprint density at radius 2 is 1.68 bits per heavy atom. The van der Waals surface area contributed by atoms with Gasteiger partial charge in [0, 0.05) is 19.3 Å². The number of pyridine rings is 1. The van der Waals surface area contributed by atoms with E-state index in [1.807, 2.05) is 25.1 Å². The van der Waals surface area contributed by atoms with E-state index in [1.54, 1.807) is 6.20 Å². The van der Waals surface area contributed by atoms with Crippen LogP contribution in [0.4, 0.5) is 0 Å². The van der Waals surface area contributed by atoms with Crippen molar-refractivity contribution in [2.24, 2.45) is 5.10 Å². The molecule has 4 nitrogen and oxygen atoms in total. The minimum absolute atomic E-state index is 0.725. The zero-order chi connectivity index (χ0) is 18.3. The van der Waals surface area contributed by atoms with Gasteiger partial charge >= 0.3 is 0 Å². The number of hydrazone groups is 1. The van der Waals surface area contributed by atoms with Crippen LogP contribution in [0.5, 0.6) is 0 Å². The van der Waals surface area contributed by atoms with Gasteiger partial charge in [-0.2, -0.15) is 5.10 Å². The van der Waals surface area contributed by atoms with Crippen molar-refractivity contribution >= 4 is 23.0 Å². The summed E-state index contributed by atoms with van der Waals surface area (Å²) in [6, 6.07) is 5.83. The fourth-order valence-electron chi connectivity index (χ4n) is 2.61. The summed E-state index contributed by atoms with van der Waals surface area (Å²) in [5.41, 5.74) is 4.79. The van der Waals surface area contributed by atoms with Crippen LogP contribution in [-0.4, -0.2) is 33.8 Å². The van der Waals surface area contributed by atoms with Crippen molar-refractivity contribution in [1.82, 2.24) is 15.3 Å². The molecule has 0 atom stereocenters. The van der Waals surface area contributed by atoms with E-state index in [1.165, 1.54) is 51.4 Å². The highest BCUT2D eigenvalue weighted by Gasteiger charge is 2.09. The van der Waals surface area contributed by atoms with Gasteiger partial charge in [0.2, 0.25) is 0 Å². The highest BCUT2D eigenvalue weighted by Crippen LogP contribution is 2.06. The first-order chi connectivity index (χ1) is 12.2. The van der Waals surface area contributed by atoms with E-state index in [0.29, 0.717) is 0 Å². The Kier molecular flexibility index (Phi) is 11.9. The number of nitrogens with one attached hydrogen (secondary N) is 1. The molecule has 0 saturated carbocycles. The highest BCUT2D eigenvalue weighted by atomic mass is 32.1. The smallest absolute Gasteiger partial charge is 0.189 e. The van der Waals surface area contributed by atoms with Crippen LogP contribution in [0.2, 0.25) is 0 Å². The number of hydrogen-bond acceptors (Lipinski definition) is 3. The molecule has 1 N–H and O–H groups in total. The van der Waals surface area contributed by atoms with Crippen molar-refractivity contribution in [2.75, 3.05) is 13.1 Å². The number of aromatic nitrogens is 1. The van der Waals surface area contributed by atoms with Gasteiger partial charge in [0.15, 0.2) is 5.11 Å². The molecule has 0 aromatic carbocycles. The Morgan fingerprint density at radius 1 is 1.04 bits per heavy atom. The molecule has 1 aromatic rings. The fourth-order valence-corrected chi connectivity index (χ4v) is 2.84. The van der Waals surface area contributed by atoms with Gasteiger partial charge in [-0.05, 0) is 44.1 Å². The maximum absolute atomic E-state index is 5.59. The molecule has 5 heteroatoms. The zero-order valence-electron chi connectivity index (χ0n) is 16.1. The van der Waals surface area contributed by atoms with Crippen LogP contribution < -0.4 is 5.43 Å². The lowest BCUT2D eigenvalue weighted by molar-refractivity contribution is 0.382. The van der Waals surface area contributed by atoms with E-state index < -0.39 is 0 Å². The Bertz CT molecular complexity index is 490. The highest BCUT2D eigenvalue weighted by molar-refractivity contribution is 7.80. The molecule has 0 bridgehead atoms. The summed E-state index contributed by atoms with van der Waals surface area (Å²) in [6.45, 7) is 8.45. The van der Waals surface area contributed by atoms with E-state index in [4.69, 9.17) is 12.2 Å². The first-order valence-electron chi connectivity index (χ1n) is 9.69. The molecule has 0 aliphatic rings. The predicted octanol–water partition coefficient (Wildman–Crippen LogP) is 5.14. The molecule has 1 heterocycles. The molecule has 0 unspecified atom stereocenters. The molecule has 0 radical (unpaired) electrons. The average molecular weight is 363 g/mol. The van der Waals surface area contributed by atoms with E-state index in [-0.39, 0.29) is 0 Å². The van der Waals surface area contributed by atoms with Crippen molar-refractivity contribution in [1.29, 1.82) is 0 Å². The third-order valence-electron chi connectivity index (χ3n) is 4.21. The van der Waals surface area contributed by atoms with E-state index in [0.717, 1.165) is 29.6 Å². The maximum Gasteiger partial charge on any atom is 0.189 e. The lowest BCUT2D eigenvalue weighted by atomic mass is 10.2. The van der Waals surface area contributed by atoms with Crippen molar-refractivity contribution < 1.29 is 0 Å². The second-order valence-electron chi connectivity index (χ2n) is 6.44. The quantitative estimate of drug-likeness (QED) is 0.242. The van der Waals surface area contributed by atoms with Gasteiger partial charge < -0.3 is 4.90 Å². The third kappa shape index (κ3) is 9.54. The maximum atomic E-state index is 5.59. The van der Waals surface area contributed by atoms with Gasteiger partial charge in [-0.1, -0.05) is 58.4 Å². The average Bonchev–Trinajstić information content (AvgIpc) is 2.65. The summed E-state index contributed by atoms with van der Waals surface area (Å²) < 4.78 is 0. The van der Waals surface area contributed by atoms with Crippen LogP contribution in [0.25, 0.3) is 0 Å². The number of hydrogen-bond donors (Lipinski definition) is 1. The summed E-state index contributed by atoms with van der Waals surface area (Å²) in [4.78, 5) is 6.59. The summed E-state index contributed by atoms with van der Waals surface area (Å²) >= 11 is 5.59. The first kappa shape index (κ1) is 21.6. The SMILES string of the molecule is CCCCCCN(CCCCCC)C(=S)NN=C(C)c1ccccn1. The molecule has 0 saturated heterocycles. The molecule has 0 fully saturated rings. The normalized spacial score (nSPS) is 11.4. The zero-order valence-corrected chi connectivity index (χ0v) is 16.9. The third-order valence-corrected chi connectivity index (χ3v) is 4.55. The van der Waals surface area contributed by atoms with E-state index in [2.05, 4.69) is 34.3 Å². The van der Waals surface area contributed by atoms with Gasteiger partial charge in [-0.3, -0.25) is 10.4 Å². The second kappa shape index (κ2) is 13.8. The van der Waals surface area contributed by atoms with Gasteiger partial charge in [0.1, 0.15) is 0 Å². The first-order valence-corrected chi connectivity index (χ1v) is 10.1. The van der Waals surface area contributed by atoms with Crippen LogP contribution >= 0.6 is 12.2 Å². The minimum atomic E-state index is 0.725. The Labute approximate surface area is 159 Å². The van der Waals surface area contributed by atoms with Crippen LogP contribution in [0, 0.1) is 0 Å². The number of rotatable bonds is 12. The molecule has 0 aliphatic carbocycles. The fraction of sp³-hybridized carbons (Fsp3) is 0.650. The monoisotopic (exact) mass is 362 g/mol. The minimum Gasteiger partial charge on any atom is -0.348 e. The van der Waals surface area contributed by atoms with Crippen LogP contribution in [0.1, 0.15) is 77.8 Å². The van der Waals surface area contributed by atoms with Gasteiger partial charge in [0.25, 0.3) is 0 Å². The Balaban J connectivity index is 2.54.